The van der Waals surface area contributed by atoms with Gasteiger partial charge in [-0.3, -0.25) is 13.9 Å². The Labute approximate surface area is 172 Å². The lowest BCUT2D eigenvalue weighted by atomic mass is 10.2. The minimum absolute atomic E-state index is 0.132. The predicted octanol–water partition coefficient (Wildman–Crippen LogP) is 4.04. The van der Waals surface area contributed by atoms with Gasteiger partial charge in [-0.1, -0.05) is 12.1 Å². The summed E-state index contributed by atoms with van der Waals surface area (Å²) in [6.45, 7) is 0. The van der Waals surface area contributed by atoms with E-state index < -0.39 is 7.60 Å². The molecule has 0 unspecified atom stereocenters. The molecule has 0 aliphatic heterocycles. The third-order valence-electron chi connectivity index (χ3n) is 4.22. The van der Waals surface area contributed by atoms with Crippen molar-refractivity contribution < 1.29 is 22.8 Å². The fraction of sp³-hybridized carbons (Fsp3) is 0.150. The lowest BCUT2D eigenvalue weighted by Gasteiger charge is -2.13. The van der Waals surface area contributed by atoms with E-state index in [2.05, 4.69) is 15.5 Å². The number of carbonyl (C=O) groups is 1. The van der Waals surface area contributed by atoms with Gasteiger partial charge in [0, 0.05) is 31.7 Å². The van der Waals surface area contributed by atoms with Gasteiger partial charge in [-0.25, -0.2) is 4.39 Å². The molecule has 0 aliphatic carbocycles. The molecule has 2 aromatic carbocycles. The van der Waals surface area contributed by atoms with Crippen LogP contribution in [0.15, 0.2) is 60.9 Å². The summed E-state index contributed by atoms with van der Waals surface area (Å²) >= 11 is 0. The second-order valence-electron chi connectivity index (χ2n) is 6.19. The summed E-state index contributed by atoms with van der Waals surface area (Å²) < 4.78 is 36.7. The third kappa shape index (κ3) is 5.48. The standard InChI is InChI=1S/C20H20FN4O4P/c1-28-30(27,29-2)13-15-3-7-17(8-4-15)23-20(26)12-11-19-24-22-14-25(19)18-9-5-16(21)6-10-18/h3-12,14H,13H2,1-2H3,(H,23,26)/b12-11+. The average molecular weight is 430 g/mol. The molecule has 0 saturated heterocycles. The van der Waals surface area contributed by atoms with Crippen molar-refractivity contribution in [2.45, 2.75) is 6.16 Å². The summed E-state index contributed by atoms with van der Waals surface area (Å²) in [7, 11) is -0.481. The number of nitrogens with zero attached hydrogens (tertiary/aromatic N) is 3. The first-order chi connectivity index (χ1) is 14.4. The third-order valence-corrected chi connectivity index (χ3v) is 6.08. The smallest absolute Gasteiger partial charge is 0.323 e. The molecule has 156 valence electrons. The molecule has 0 saturated carbocycles. The Morgan fingerprint density at radius 1 is 1.13 bits per heavy atom. The number of rotatable bonds is 8. The molecule has 30 heavy (non-hydrogen) atoms. The van der Waals surface area contributed by atoms with E-state index in [1.165, 1.54) is 44.8 Å². The van der Waals surface area contributed by atoms with Gasteiger partial charge < -0.3 is 14.4 Å². The molecule has 0 atom stereocenters. The maximum atomic E-state index is 13.1. The van der Waals surface area contributed by atoms with E-state index in [0.29, 0.717) is 17.2 Å². The SMILES string of the molecule is COP(=O)(Cc1ccc(NC(=O)/C=C/c2nncn2-c2ccc(F)cc2)cc1)OC. The normalized spacial score (nSPS) is 11.7. The Kier molecular flexibility index (Phi) is 6.89. The van der Waals surface area contributed by atoms with Crippen molar-refractivity contribution in [1.29, 1.82) is 0 Å². The zero-order valence-electron chi connectivity index (χ0n) is 16.4. The Balaban J connectivity index is 1.64. The van der Waals surface area contributed by atoms with Crippen LogP contribution in [-0.4, -0.2) is 34.9 Å². The van der Waals surface area contributed by atoms with Crippen LogP contribution in [-0.2, 0) is 24.6 Å². The highest BCUT2D eigenvalue weighted by Crippen LogP contribution is 2.49. The van der Waals surface area contributed by atoms with Crippen molar-refractivity contribution in [3.8, 4) is 5.69 Å². The largest absolute Gasteiger partial charge is 0.334 e. The first kappa shape index (κ1) is 21.6. The number of amides is 1. The van der Waals surface area contributed by atoms with Crippen LogP contribution in [0.3, 0.4) is 0 Å². The van der Waals surface area contributed by atoms with Crippen molar-refractivity contribution in [2.75, 3.05) is 19.5 Å². The fourth-order valence-corrected chi connectivity index (χ4v) is 3.68. The van der Waals surface area contributed by atoms with E-state index in [0.717, 1.165) is 5.56 Å². The lowest BCUT2D eigenvalue weighted by Crippen LogP contribution is -2.08. The van der Waals surface area contributed by atoms with Gasteiger partial charge in [0.1, 0.15) is 12.1 Å². The van der Waals surface area contributed by atoms with E-state index >= 15 is 0 Å². The number of nitrogens with one attached hydrogen (secondary N) is 1. The van der Waals surface area contributed by atoms with Crippen LogP contribution in [0.1, 0.15) is 11.4 Å². The van der Waals surface area contributed by atoms with Crippen molar-refractivity contribution in [3.05, 3.63) is 78.1 Å². The molecule has 3 aromatic rings. The number of hydrogen-bond acceptors (Lipinski definition) is 6. The molecule has 8 nitrogen and oxygen atoms in total. The molecular weight excluding hydrogens is 410 g/mol. The summed E-state index contributed by atoms with van der Waals surface area (Å²) in [4.78, 5) is 12.2. The number of hydrogen-bond donors (Lipinski definition) is 1. The van der Waals surface area contributed by atoms with Gasteiger partial charge >= 0.3 is 7.60 Å². The van der Waals surface area contributed by atoms with Gasteiger partial charge in [-0.05, 0) is 48.0 Å². The first-order valence-corrected chi connectivity index (χ1v) is 10.6. The summed E-state index contributed by atoms with van der Waals surface area (Å²) in [5, 5.41) is 10.5. The highest BCUT2D eigenvalue weighted by atomic mass is 31.2. The van der Waals surface area contributed by atoms with E-state index in [1.54, 1.807) is 41.0 Å². The number of aromatic nitrogens is 3. The molecule has 0 radical (unpaired) electrons. The molecule has 1 heterocycles. The number of halogens is 1. The van der Waals surface area contributed by atoms with Crippen LogP contribution in [0.4, 0.5) is 10.1 Å². The van der Waals surface area contributed by atoms with E-state index in [-0.39, 0.29) is 17.9 Å². The Morgan fingerprint density at radius 3 is 2.43 bits per heavy atom. The zero-order valence-corrected chi connectivity index (χ0v) is 17.3. The molecular formula is C20H20FN4O4P. The minimum Gasteiger partial charge on any atom is -0.323 e. The first-order valence-electron chi connectivity index (χ1n) is 8.87. The van der Waals surface area contributed by atoms with Crippen LogP contribution >= 0.6 is 7.60 Å². The van der Waals surface area contributed by atoms with Gasteiger partial charge in [0.15, 0.2) is 5.82 Å². The van der Waals surface area contributed by atoms with Crippen molar-refractivity contribution in [2.24, 2.45) is 0 Å². The highest BCUT2D eigenvalue weighted by Gasteiger charge is 2.21. The van der Waals surface area contributed by atoms with Gasteiger partial charge in [0.2, 0.25) is 5.91 Å². The quantitative estimate of drug-likeness (QED) is 0.428. The highest BCUT2D eigenvalue weighted by molar-refractivity contribution is 7.52. The van der Waals surface area contributed by atoms with E-state index in [1.807, 2.05) is 0 Å². The summed E-state index contributed by atoms with van der Waals surface area (Å²) in [5.74, 6) is -0.292. The molecule has 0 aliphatic rings. The fourth-order valence-electron chi connectivity index (χ4n) is 2.61. The average Bonchev–Trinajstić information content (AvgIpc) is 3.23. The van der Waals surface area contributed by atoms with Crippen molar-refractivity contribution >= 4 is 25.3 Å². The monoisotopic (exact) mass is 430 g/mol. The number of benzene rings is 2. The molecule has 1 aromatic heterocycles. The summed E-state index contributed by atoms with van der Waals surface area (Å²) in [5.41, 5.74) is 1.99. The molecule has 3 rings (SSSR count). The zero-order chi connectivity index (χ0) is 21.6. The Hall–Kier alpha value is -3.13. The summed E-state index contributed by atoms with van der Waals surface area (Å²) in [6.07, 6.45) is 4.44. The second kappa shape index (κ2) is 9.58. The molecule has 0 fully saturated rings. The van der Waals surface area contributed by atoms with Crippen LogP contribution in [0.2, 0.25) is 0 Å². The number of carbonyl (C=O) groups excluding carboxylic acids is 1. The lowest BCUT2D eigenvalue weighted by molar-refractivity contribution is -0.111. The molecule has 1 amide bonds. The minimum atomic E-state index is -3.15. The summed E-state index contributed by atoms with van der Waals surface area (Å²) in [6, 6.07) is 12.7. The van der Waals surface area contributed by atoms with E-state index in [4.69, 9.17) is 9.05 Å². The molecule has 0 spiro atoms. The van der Waals surface area contributed by atoms with Gasteiger partial charge in [0.05, 0.1) is 6.16 Å². The second-order valence-corrected chi connectivity index (χ2v) is 8.46. The van der Waals surface area contributed by atoms with Crippen LogP contribution in [0, 0.1) is 5.82 Å². The van der Waals surface area contributed by atoms with Crippen LogP contribution < -0.4 is 5.32 Å². The van der Waals surface area contributed by atoms with Crippen LogP contribution in [0.5, 0.6) is 0 Å². The Morgan fingerprint density at radius 2 is 1.80 bits per heavy atom. The molecule has 1 N–H and O–H groups in total. The maximum absolute atomic E-state index is 13.1. The van der Waals surface area contributed by atoms with Crippen LogP contribution in [0.25, 0.3) is 11.8 Å². The van der Waals surface area contributed by atoms with Crippen molar-refractivity contribution in [1.82, 2.24) is 14.8 Å². The van der Waals surface area contributed by atoms with Gasteiger partial charge in [-0.15, -0.1) is 10.2 Å². The van der Waals surface area contributed by atoms with E-state index in [9.17, 15) is 13.8 Å². The van der Waals surface area contributed by atoms with Crippen molar-refractivity contribution in [3.63, 3.8) is 0 Å². The maximum Gasteiger partial charge on any atom is 0.334 e. The number of anilines is 1. The Bertz CT molecular complexity index is 1070. The molecule has 10 heteroatoms. The van der Waals surface area contributed by atoms with Gasteiger partial charge in [-0.2, -0.15) is 0 Å². The topological polar surface area (TPSA) is 95.3 Å². The molecule has 0 bridgehead atoms. The van der Waals surface area contributed by atoms with Gasteiger partial charge in [0.25, 0.3) is 0 Å². The predicted molar refractivity (Wildman–Crippen MR) is 111 cm³/mol.